The average Bonchev–Trinajstić information content (AvgIpc) is 3.07. The molecule has 0 aliphatic carbocycles. The normalized spacial score (nSPS) is 11.8. The molecule has 6 nitrogen and oxygen atoms in total. The molecule has 2 aromatic carbocycles. The van der Waals surface area contributed by atoms with Gasteiger partial charge < -0.3 is 19.8 Å². The van der Waals surface area contributed by atoms with Gasteiger partial charge in [0.25, 0.3) is 0 Å². The number of carbonyl (C=O) groups is 2. The van der Waals surface area contributed by atoms with Crippen molar-refractivity contribution < 1.29 is 19.1 Å². The number of halogens is 1. The molecular formula is C20H19BrN2O4. The number of fused-ring (bicyclic) bond motifs is 1. The highest BCUT2D eigenvalue weighted by molar-refractivity contribution is 9.10. The highest BCUT2D eigenvalue weighted by Gasteiger charge is 2.24. The van der Waals surface area contributed by atoms with Crippen molar-refractivity contribution >= 4 is 38.9 Å². The Hall–Kier alpha value is -2.80. The van der Waals surface area contributed by atoms with Crippen LogP contribution < -0.4 is 5.32 Å². The van der Waals surface area contributed by atoms with Crippen LogP contribution in [0.3, 0.4) is 0 Å². The molecule has 1 heterocycles. The lowest BCUT2D eigenvalue weighted by Crippen LogP contribution is -2.43. The van der Waals surface area contributed by atoms with E-state index >= 15 is 0 Å². The fraction of sp³-hybridized carbons (Fsp3) is 0.200. The zero-order valence-corrected chi connectivity index (χ0v) is 16.3. The third-order valence-electron chi connectivity index (χ3n) is 4.14. The molecule has 7 heteroatoms. The molecule has 0 unspecified atom stereocenters. The summed E-state index contributed by atoms with van der Waals surface area (Å²) in [5.74, 6) is -0.530. The Morgan fingerprint density at radius 3 is 2.70 bits per heavy atom. The minimum absolute atomic E-state index is 0.127. The van der Waals surface area contributed by atoms with Gasteiger partial charge in [0.05, 0.1) is 7.11 Å². The maximum Gasteiger partial charge on any atom is 0.408 e. The number of methoxy groups -OCH3 is 1. The Labute approximate surface area is 165 Å². The molecule has 0 bridgehead atoms. The van der Waals surface area contributed by atoms with Crippen molar-refractivity contribution in [2.24, 2.45) is 0 Å². The number of benzene rings is 2. The molecule has 3 rings (SSSR count). The second-order valence-corrected chi connectivity index (χ2v) is 6.91. The van der Waals surface area contributed by atoms with Crippen molar-refractivity contribution in [2.75, 3.05) is 7.11 Å². The third-order valence-corrected chi connectivity index (χ3v) is 4.64. The first-order valence-electron chi connectivity index (χ1n) is 8.37. The van der Waals surface area contributed by atoms with Crippen LogP contribution in [-0.4, -0.2) is 30.2 Å². The lowest BCUT2D eigenvalue weighted by atomic mass is 10.1. The number of aromatic amines is 1. The number of hydrogen-bond donors (Lipinski definition) is 2. The molecule has 0 radical (unpaired) electrons. The molecule has 2 N–H and O–H groups in total. The van der Waals surface area contributed by atoms with E-state index in [-0.39, 0.29) is 13.0 Å². The molecule has 1 atom stereocenters. The molecule has 0 fully saturated rings. The van der Waals surface area contributed by atoms with E-state index in [4.69, 9.17) is 9.47 Å². The number of amides is 1. The summed E-state index contributed by atoms with van der Waals surface area (Å²) in [6.45, 7) is 0.127. The van der Waals surface area contributed by atoms with Crippen LogP contribution in [0.15, 0.2) is 59.2 Å². The minimum atomic E-state index is -0.846. The van der Waals surface area contributed by atoms with Crippen LogP contribution in [0.1, 0.15) is 11.1 Å². The first-order chi connectivity index (χ1) is 13.1. The zero-order valence-electron chi connectivity index (χ0n) is 14.7. The van der Waals surface area contributed by atoms with Crippen molar-refractivity contribution in [1.29, 1.82) is 0 Å². The zero-order chi connectivity index (χ0) is 19.2. The smallest absolute Gasteiger partial charge is 0.408 e. The van der Waals surface area contributed by atoms with Crippen LogP contribution in [0.25, 0.3) is 10.9 Å². The molecule has 0 aliphatic rings. The summed E-state index contributed by atoms with van der Waals surface area (Å²) >= 11 is 3.43. The molecular weight excluding hydrogens is 412 g/mol. The van der Waals surface area contributed by atoms with Gasteiger partial charge in [-0.05, 0) is 23.3 Å². The van der Waals surface area contributed by atoms with E-state index in [1.165, 1.54) is 7.11 Å². The van der Waals surface area contributed by atoms with Crippen LogP contribution in [-0.2, 0) is 27.3 Å². The molecule has 1 aromatic heterocycles. The molecule has 0 spiro atoms. The number of rotatable bonds is 6. The Morgan fingerprint density at radius 1 is 1.19 bits per heavy atom. The van der Waals surface area contributed by atoms with E-state index in [0.29, 0.717) is 0 Å². The Morgan fingerprint density at radius 2 is 1.96 bits per heavy atom. The van der Waals surface area contributed by atoms with Crippen LogP contribution in [0.5, 0.6) is 0 Å². The fourth-order valence-electron chi connectivity index (χ4n) is 2.79. The summed E-state index contributed by atoms with van der Waals surface area (Å²) in [6, 6.07) is 14.3. The number of H-pyrrole nitrogens is 1. The molecule has 0 aliphatic heterocycles. The van der Waals surface area contributed by atoms with Crippen molar-refractivity contribution in [3.05, 3.63) is 70.3 Å². The second kappa shape index (κ2) is 8.73. The summed E-state index contributed by atoms with van der Waals surface area (Å²) in [7, 11) is 1.29. The van der Waals surface area contributed by atoms with Crippen LogP contribution in [0.4, 0.5) is 4.79 Å². The topological polar surface area (TPSA) is 80.4 Å². The predicted molar refractivity (Wildman–Crippen MR) is 105 cm³/mol. The van der Waals surface area contributed by atoms with E-state index in [0.717, 1.165) is 26.5 Å². The number of aromatic nitrogens is 1. The number of carbonyl (C=O) groups excluding carboxylic acids is 2. The lowest BCUT2D eigenvalue weighted by Gasteiger charge is -2.16. The van der Waals surface area contributed by atoms with E-state index in [1.54, 1.807) is 0 Å². The van der Waals surface area contributed by atoms with Crippen LogP contribution >= 0.6 is 15.9 Å². The maximum atomic E-state index is 12.1. The summed E-state index contributed by atoms with van der Waals surface area (Å²) in [4.78, 5) is 27.4. The van der Waals surface area contributed by atoms with Gasteiger partial charge >= 0.3 is 12.1 Å². The van der Waals surface area contributed by atoms with Gasteiger partial charge in [0, 0.05) is 28.0 Å². The predicted octanol–water partition coefficient (Wildman–Crippen LogP) is 3.94. The van der Waals surface area contributed by atoms with Gasteiger partial charge in [-0.2, -0.15) is 0 Å². The first kappa shape index (κ1) is 19.0. The number of nitrogens with one attached hydrogen (secondary N) is 2. The SMILES string of the molecule is COC(=O)[C@H](Cc1c[nH]c2cc(Br)ccc12)NC(=O)OCc1ccccc1. The highest BCUT2D eigenvalue weighted by Crippen LogP contribution is 2.23. The number of hydrogen-bond acceptors (Lipinski definition) is 4. The van der Waals surface area contributed by atoms with Crippen molar-refractivity contribution in [3.63, 3.8) is 0 Å². The largest absolute Gasteiger partial charge is 0.467 e. The van der Waals surface area contributed by atoms with Gasteiger partial charge in [-0.3, -0.25) is 0 Å². The van der Waals surface area contributed by atoms with Gasteiger partial charge in [-0.15, -0.1) is 0 Å². The Bertz CT molecular complexity index is 940. The molecule has 0 saturated heterocycles. The van der Waals surface area contributed by atoms with Gasteiger partial charge in [0.2, 0.25) is 0 Å². The van der Waals surface area contributed by atoms with Crippen LogP contribution in [0, 0.1) is 0 Å². The van der Waals surface area contributed by atoms with Gasteiger partial charge in [0.1, 0.15) is 12.6 Å². The van der Waals surface area contributed by atoms with E-state index < -0.39 is 18.1 Å². The van der Waals surface area contributed by atoms with Gasteiger partial charge in [-0.25, -0.2) is 9.59 Å². The lowest BCUT2D eigenvalue weighted by molar-refractivity contribution is -0.142. The van der Waals surface area contributed by atoms with Gasteiger partial charge in [0.15, 0.2) is 0 Å². The van der Waals surface area contributed by atoms with E-state index in [1.807, 2.05) is 54.7 Å². The molecule has 1 amide bonds. The Kier molecular flexibility index (Phi) is 6.13. The minimum Gasteiger partial charge on any atom is -0.467 e. The van der Waals surface area contributed by atoms with Gasteiger partial charge in [-0.1, -0.05) is 52.3 Å². The summed E-state index contributed by atoms with van der Waals surface area (Å²) in [6.07, 6.45) is 1.44. The molecule has 0 saturated carbocycles. The van der Waals surface area contributed by atoms with Crippen molar-refractivity contribution in [3.8, 4) is 0 Å². The highest BCUT2D eigenvalue weighted by atomic mass is 79.9. The number of alkyl carbamates (subject to hydrolysis) is 1. The molecule has 3 aromatic rings. The van der Waals surface area contributed by atoms with Crippen molar-refractivity contribution in [1.82, 2.24) is 10.3 Å². The quantitative estimate of drug-likeness (QED) is 0.580. The first-order valence-corrected chi connectivity index (χ1v) is 9.16. The summed E-state index contributed by atoms with van der Waals surface area (Å²) in [5, 5.41) is 3.57. The second-order valence-electron chi connectivity index (χ2n) is 5.99. The summed E-state index contributed by atoms with van der Waals surface area (Å²) < 4.78 is 11.0. The van der Waals surface area contributed by atoms with E-state index in [9.17, 15) is 9.59 Å². The Balaban J connectivity index is 1.68. The summed E-state index contributed by atoms with van der Waals surface area (Å²) in [5.41, 5.74) is 2.70. The average molecular weight is 431 g/mol. The fourth-order valence-corrected chi connectivity index (χ4v) is 3.15. The third kappa shape index (κ3) is 4.89. The monoisotopic (exact) mass is 430 g/mol. The maximum absolute atomic E-state index is 12.1. The van der Waals surface area contributed by atoms with Crippen LogP contribution in [0.2, 0.25) is 0 Å². The number of ether oxygens (including phenoxy) is 2. The molecule has 140 valence electrons. The van der Waals surface area contributed by atoms with Crippen molar-refractivity contribution in [2.45, 2.75) is 19.1 Å². The van der Waals surface area contributed by atoms with E-state index in [2.05, 4.69) is 26.2 Å². The standard InChI is InChI=1S/C20H19BrN2O4/c1-26-19(24)18(23-20(25)27-12-13-5-3-2-4-6-13)9-14-11-22-17-10-15(21)7-8-16(14)17/h2-8,10-11,18,22H,9,12H2,1H3,(H,23,25)/t18-/m0/s1. The number of esters is 1. The molecule has 27 heavy (non-hydrogen) atoms.